The fourth-order valence-electron chi connectivity index (χ4n) is 6.67. The Kier molecular flexibility index (Phi) is 10.7. The van der Waals surface area contributed by atoms with Gasteiger partial charge in [0.25, 0.3) is 0 Å². The van der Waals surface area contributed by atoms with Gasteiger partial charge in [-0.3, -0.25) is 4.79 Å². The molecule has 2 aromatic carbocycles. The molecule has 3 aromatic rings. The number of carbonyl (C=O) groups is 2. The molecule has 4 atom stereocenters. The molecule has 5 rings (SSSR count). The third-order valence-corrected chi connectivity index (χ3v) is 9.03. The van der Waals surface area contributed by atoms with Gasteiger partial charge in [-0.2, -0.15) is 0 Å². The van der Waals surface area contributed by atoms with E-state index in [0.29, 0.717) is 35.8 Å². The molecule has 2 N–H and O–H groups in total. The Morgan fingerprint density at radius 2 is 1.85 bits per heavy atom. The van der Waals surface area contributed by atoms with Gasteiger partial charge in [0, 0.05) is 49.5 Å². The highest BCUT2D eigenvalue weighted by Gasteiger charge is 2.52. The van der Waals surface area contributed by atoms with Crippen LogP contribution in [0.15, 0.2) is 56.8 Å². The van der Waals surface area contributed by atoms with E-state index in [9.17, 15) is 24.6 Å². The van der Waals surface area contributed by atoms with E-state index in [2.05, 4.69) is 17.9 Å². The first-order chi connectivity index (χ1) is 23.0. The molecule has 4 unspecified atom stereocenters. The number of allylic oxidation sites excluding steroid dienone is 1. The molecule has 0 aliphatic carbocycles. The van der Waals surface area contributed by atoms with Crippen molar-refractivity contribution < 1.29 is 43.2 Å². The number of hydrogen-bond donors (Lipinski definition) is 2. The topological polar surface area (TPSA) is 142 Å². The Balaban J connectivity index is 1.72. The van der Waals surface area contributed by atoms with Crippen molar-refractivity contribution in [2.24, 2.45) is 0 Å². The molecule has 3 heterocycles. The molecule has 2 aliphatic heterocycles. The number of aliphatic hydroxyl groups excluding tert-OH is 2. The van der Waals surface area contributed by atoms with Gasteiger partial charge in [-0.05, 0) is 68.9 Å². The van der Waals surface area contributed by atoms with Crippen LogP contribution < -0.4 is 10.4 Å². The molecule has 1 aromatic heterocycles. The molecular weight excluding hydrogens is 616 g/mol. The molecule has 48 heavy (non-hydrogen) atoms. The van der Waals surface area contributed by atoms with Gasteiger partial charge in [0.05, 0.1) is 25.2 Å². The molecule has 10 heteroatoms. The predicted octanol–water partition coefficient (Wildman–Crippen LogP) is 4.98. The Morgan fingerprint density at radius 3 is 2.54 bits per heavy atom. The number of ether oxygens (including phenoxy) is 4. The minimum absolute atomic E-state index is 0.0289. The molecular formula is C38H42O10. The zero-order chi connectivity index (χ0) is 34.6. The summed E-state index contributed by atoms with van der Waals surface area (Å²) in [6, 6.07) is 11.4. The van der Waals surface area contributed by atoms with Crippen molar-refractivity contribution >= 4 is 22.9 Å². The summed E-state index contributed by atoms with van der Waals surface area (Å²) in [4.78, 5) is 40.4. The van der Waals surface area contributed by atoms with Gasteiger partial charge in [-0.1, -0.05) is 41.7 Å². The van der Waals surface area contributed by atoms with Crippen molar-refractivity contribution in [3.63, 3.8) is 0 Å². The summed E-state index contributed by atoms with van der Waals surface area (Å²) >= 11 is 0. The van der Waals surface area contributed by atoms with Crippen LogP contribution in [0.2, 0.25) is 0 Å². The number of methoxy groups -OCH3 is 1. The average molecular weight is 659 g/mol. The highest BCUT2D eigenvalue weighted by molar-refractivity contribution is 5.90. The monoisotopic (exact) mass is 658 g/mol. The predicted molar refractivity (Wildman–Crippen MR) is 177 cm³/mol. The number of esters is 2. The number of aliphatic hydroxyl groups is 2. The summed E-state index contributed by atoms with van der Waals surface area (Å²) < 4.78 is 30.1. The van der Waals surface area contributed by atoms with Crippen molar-refractivity contribution in [3.05, 3.63) is 85.8 Å². The second kappa shape index (κ2) is 14.8. The van der Waals surface area contributed by atoms with Crippen LogP contribution in [0, 0.1) is 11.8 Å². The number of carbonyl (C=O) groups excluding carboxylic acids is 2. The van der Waals surface area contributed by atoms with Crippen LogP contribution in [0.25, 0.3) is 11.0 Å². The second-order valence-corrected chi connectivity index (χ2v) is 12.7. The smallest absolute Gasteiger partial charge is 0.340 e. The van der Waals surface area contributed by atoms with E-state index < -0.39 is 47.9 Å². The maximum absolute atomic E-state index is 14.0. The molecule has 0 saturated carbocycles. The molecule has 0 fully saturated rings. The minimum Gasteiger partial charge on any atom is -0.482 e. The van der Waals surface area contributed by atoms with E-state index in [4.69, 9.17) is 23.4 Å². The van der Waals surface area contributed by atoms with Crippen LogP contribution in [0.1, 0.15) is 86.8 Å². The number of fused-ring (bicyclic) bond motifs is 6. The van der Waals surface area contributed by atoms with Gasteiger partial charge in [-0.15, -0.1) is 0 Å². The fraction of sp³-hybridized carbons (Fsp3) is 0.447. The molecule has 254 valence electrons. The molecule has 2 aliphatic rings. The van der Waals surface area contributed by atoms with Crippen molar-refractivity contribution in [2.45, 2.75) is 90.1 Å². The quantitative estimate of drug-likeness (QED) is 0.154. The molecule has 2 bridgehead atoms. The van der Waals surface area contributed by atoms with Crippen LogP contribution in [0.3, 0.4) is 0 Å². The highest BCUT2D eigenvalue weighted by Crippen LogP contribution is 2.48. The summed E-state index contributed by atoms with van der Waals surface area (Å²) in [5, 5.41) is 20.6. The van der Waals surface area contributed by atoms with Crippen LogP contribution >= 0.6 is 0 Å². The molecule has 0 amide bonds. The number of aryl methyl sites for hydroxylation is 1. The summed E-state index contributed by atoms with van der Waals surface area (Å²) in [6.45, 7) is 6.08. The first-order valence-electron chi connectivity index (χ1n) is 16.1. The van der Waals surface area contributed by atoms with Crippen molar-refractivity contribution in [2.75, 3.05) is 20.3 Å². The van der Waals surface area contributed by atoms with Crippen molar-refractivity contribution in [3.8, 4) is 17.6 Å². The second-order valence-electron chi connectivity index (χ2n) is 12.7. The Morgan fingerprint density at radius 1 is 1.08 bits per heavy atom. The zero-order valence-electron chi connectivity index (χ0n) is 28.0. The summed E-state index contributed by atoms with van der Waals surface area (Å²) in [7, 11) is 1.48. The zero-order valence-corrected chi connectivity index (χ0v) is 28.0. The molecule has 0 spiro atoms. The van der Waals surface area contributed by atoms with Gasteiger partial charge in [0.15, 0.2) is 17.8 Å². The third kappa shape index (κ3) is 7.04. The number of benzene rings is 2. The lowest BCUT2D eigenvalue weighted by Crippen LogP contribution is -2.54. The SMILES string of the molecule is COCC(CCO)c1c(CO)c2ccc3c(c2oc1=O)C(OC(C)=O)C1OC(=O)C(=C(C)C)CCc2cccc(c2)CC#CCC1(C)O3. The van der Waals surface area contributed by atoms with E-state index >= 15 is 0 Å². The van der Waals surface area contributed by atoms with E-state index in [0.717, 1.165) is 16.7 Å². The molecule has 10 nitrogen and oxygen atoms in total. The highest BCUT2D eigenvalue weighted by atomic mass is 16.6. The lowest BCUT2D eigenvalue weighted by atomic mass is 9.83. The van der Waals surface area contributed by atoms with E-state index in [1.54, 1.807) is 19.1 Å². The van der Waals surface area contributed by atoms with Gasteiger partial charge in [-0.25, -0.2) is 9.59 Å². The lowest BCUT2D eigenvalue weighted by molar-refractivity contribution is -0.188. The first-order valence-corrected chi connectivity index (χ1v) is 16.1. The van der Waals surface area contributed by atoms with Gasteiger partial charge >= 0.3 is 17.6 Å². The number of rotatable bonds is 7. The van der Waals surface area contributed by atoms with Crippen molar-refractivity contribution in [1.29, 1.82) is 0 Å². The minimum atomic E-state index is -1.28. The Labute approximate surface area is 279 Å². The van der Waals surface area contributed by atoms with Crippen LogP contribution in [-0.4, -0.2) is 54.2 Å². The number of hydrogen-bond acceptors (Lipinski definition) is 10. The van der Waals surface area contributed by atoms with Crippen LogP contribution in [-0.2, 0) is 43.2 Å². The average Bonchev–Trinajstić information content (AvgIpc) is 3.03. The largest absolute Gasteiger partial charge is 0.482 e. The maximum atomic E-state index is 14.0. The van der Waals surface area contributed by atoms with Gasteiger partial charge < -0.3 is 33.6 Å². The van der Waals surface area contributed by atoms with E-state index in [1.165, 1.54) is 14.0 Å². The maximum Gasteiger partial charge on any atom is 0.340 e. The van der Waals surface area contributed by atoms with Gasteiger partial charge in [0.2, 0.25) is 0 Å². The summed E-state index contributed by atoms with van der Waals surface area (Å²) in [5.41, 5.74) is 2.08. The van der Waals surface area contributed by atoms with E-state index in [1.807, 2.05) is 32.0 Å². The van der Waals surface area contributed by atoms with Crippen LogP contribution in [0.5, 0.6) is 5.75 Å². The summed E-state index contributed by atoms with van der Waals surface area (Å²) in [6.07, 6.45) is -0.589. The van der Waals surface area contributed by atoms with Crippen molar-refractivity contribution in [1.82, 2.24) is 0 Å². The van der Waals surface area contributed by atoms with Crippen LogP contribution in [0.4, 0.5) is 0 Å². The lowest BCUT2D eigenvalue weighted by Gasteiger charge is -2.44. The standard InChI is InChI=1S/C38H42O10/c1-22(2)27-13-12-25-11-8-10-24(19-25)9-6-7-17-38(4)35(47-36(27)42)34(45-23(3)41)32-30(48-38)15-14-28-29(20-40)31(37(43)46-33(28)32)26(16-18-39)21-44-5/h8,10-11,14-15,19,26,34-35,39-40H,9,12-13,16-18,20-21H2,1-5H3. The normalized spacial score (nSPS) is 21.4. The Bertz CT molecular complexity index is 1850. The summed E-state index contributed by atoms with van der Waals surface area (Å²) in [5.74, 6) is 4.87. The fourth-order valence-corrected chi connectivity index (χ4v) is 6.67. The molecule has 0 saturated heterocycles. The Hall–Kier alpha value is -4.43. The first kappa shape index (κ1) is 34.9. The van der Waals surface area contributed by atoms with E-state index in [-0.39, 0.29) is 48.5 Å². The van der Waals surface area contributed by atoms with Gasteiger partial charge in [0.1, 0.15) is 11.3 Å². The third-order valence-electron chi connectivity index (χ3n) is 9.03. The molecule has 0 radical (unpaired) electrons.